The fourth-order valence-electron chi connectivity index (χ4n) is 2.44. The third-order valence-corrected chi connectivity index (χ3v) is 3.53. The van der Waals surface area contributed by atoms with E-state index in [1.165, 1.54) is 16.5 Å². The molecule has 0 saturated heterocycles. The van der Waals surface area contributed by atoms with Gasteiger partial charge in [-0.15, -0.1) is 0 Å². The lowest BCUT2D eigenvalue weighted by Crippen LogP contribution is -1.87. The van der Waals surface area contributed by atoms with Crippen molar-refractivity contribution in [1.82, 2.24) is 4.98 Å². The van der Waals surface area contributed by atoms with Crippen molar-refractivity contribution in [1.29, 1.82) is 0 Å². The van der Waals surface area contributed by atoms with Gasteiger partial charge in [-0.3, -0.25) is 0 Å². The average molecular weight is 252 g/mol. The van der Waals surface area contributed by atoms with E-state index >= 15 is 0 Å². The molecule has 3 aromatic rings. The van der Waals surface area contributed by atoms with Crippen LogP contribution in [0.15, 0.2) is 36.4 Å². The summed E-state index contributed by atoms with van der Waals surface area (Å²) in [5.74, 6) is 0.119. The second-order valence-electron chi connectivity index (χ2n) is 4.95. The maximum atomic E-state index is 9.50. The number of H-pyrrole nitrogens is 1. The number of phenolic OH excluding ortho intramolecular Hbond substituents is 1. The minimum Gasteiger partial charge on any atom is -0.506 e. The Kier molecular flexibility index (Phi) is 2.49. The van der Waals surface area contributed by atoms with Gasteiger partial charge >= 0.3 is 0 Å². The molecule has 0 aliphatic rings. The highest BCUT2D eigenvalue weighted by Crippen LogP contribution is 2.33. The number of benzene rings is 2. The molecule has 0 radical (unpaired) electrons. The number of anilines is 1. The van der Waals surface area contributed by atoms with Crippen LogP contribution >= 0.6 is 0 Å². The first kappa shape index (κ1) is 11.7. The number of aromatic amines is 1. The van der Waals surface area contributed by atoms with Crippen LogP contribution in [0.4, 0.5) is 5.69 Å². The highest BCUT2D eigenvalue weighted by atomic mass is 16.3. The molecule has 0 amide bonds. The summed E-state index contributed by atoms with van der Waals surface area (Å²) < 4.78 is 0. The van der Waals surface area contributed by atoms with Crippen molar-refractivity contribution in [3.8, 4) is 17.0 Å². The highest BCUT2D eigenvalue weighted by Gasteiger charge is 2.10. The molecule has 1 heterocycles. The lowest BCUT2D eigenvalue weighted by Gasteiger charge is -2.04. The first-order valence-electron chi connectivity index (χ1n) is 6.24. The van der Waals surface area contributed by atoms with Crippen molar-refractivity contribution < 1.29 is 5.11 Å². The third kappa shape index (κ3) is 1.83. The molecule has 0 aliphatic carbocycles. The number of hydrogen-bond donors (Lipinski definition) is 3. The molecule has 0 aliphatic heterocycles. The molecule has 3 nitrogen and oxygen atoms in total. The molecule has 0 fully saturated rings. The van der Waals surface area contributed by atoms with Gasteiger partial charge in [-0.1, -0.05) is 11.6 Å². The molecule has 4 N–H and O–H groups in total. The van der Waals surface area contributed by atoms with Gasteiger partial charge in [0.05, 0.1) is 5.69 Å². The molecule has 96 valence electrons. The number of aromatic hydroxyl groups is 1. The Morgan fingerprint density at radius 3 is 2.58 bits per heavy atom. The molecular weight excluding hydrogens is 236 g/mol. The smallest absolute Gasteiger partial charge is 0.138 e. The van der Waals surface area contributed by atoms with Gasteiger partial charge in [0.2, 0.25) is 0 Å². The first-order valence-corrected chi connectivity index (χ1v) is 6.24. The van der Waals surface area contributed by atoms with Crippen molar-refractivity contribution in [2.45, 2.75) is 13.8 Å². The second kappa shape index (κ2) is 4.05. The maximum Gasteiger partial charge on any atom is 0.138 e. The van der Waals surface area contributed by atoms with Crippen LogP contribution < -0.4 is 5.73 Å². The van der Waals surface area contributed by atoms with Gasteiger partial charge in [0.1, 0.15) is 5.75 Å². The standard InChI is InChI=1S/C16H16N2O/c1-9-3-5-14-12(7-9)10(2)16(18-14)11-4-6-15(19)13(17)8-11/h3-8,18-19H,17H2,1-2H3. The van der Waals surface area contributed by atoms with Crippen LogP contribution in [0.25, 0.3) is 22.2 Å². The Balaban J connectivity index is 2.24. The lowest BCUT2D eigenvalue weighted by molar-refractivity contribution is 0.478. The summed E-state index contributed by atoms with van der Waals surface area (Å²) >= 11 is 0. The third-order valence-electron chi connectivity index (χ3n) is 3.53. The van der Waals surface area contributed by atoms with Crippen LogP contribution in [0.2, 0.25) is 0 Å². The molecule has 0 bridgehead atoms. The van der Waals surface area contributed by atoms with Crippen molar-refractivity contribution in [3.05, 3.63) is 47.5 Å². The molecule has 0 spiro atoms. The number of rotatable bonds is 1. The predicted octanol–water partition coefficient (Wildman–Crippen LogP) is 3.74. The van der Waals surface area contributed by atoms with Crippen molar-refractivity contribution in [2.24, 2.45) is 0 Å². The number of hydrogen-bond acceptors (Lipinski definition) is 2. The van der Waals surface area contributed by atoms with Gasteiger partial charge in [-0.2, -0.15) is 0 Å². The number of fused-ring (bicyclic) bond motifs is 1. The molecule has 0 saturated carbocycles. The Labute approximate surface area is 111 Å². The number of phenols is 1. The van der Waals surface area contributed by atoms with Crippen LogP contribution in [0.3, 0.4) is 0 Å². The molecule has 3 rings (SSSR count). The minimum absolute atomic E-state index is 0.119. The van der Waals surface area contributed by atoms with Gasteiger partial charge in [-0.05, 0) is 49.7 Å². The van der Waals surface area contributed by atoms with E-state index in [0.29, 0.717) is 5.69 Å². The van der Waals surface area contributed by atoms with Gasteiger partial charge in [0.25, 0.3) is 0 Å². The number of nitrogens with one attached hydrogen (secondary N) is 1. The minimum atomic E-state index is 0.119. The summed E-state index contributed by atoms with van der Waals surface area (Å²) in [5.41, 5.74) is 11.7. The Morgan fingerprint density at radius 2 is 1.84 bits per heavy atom. The van der Waals surface area contributed by atoms with E-state index in [2.05, 4.69) is 37.0 Å². The van der Waals surface area contributed by atoms with Crippen molar-refractivity contribution >= 4 is 16.6 Å². The van der Waals surface area contributed by atoms with Crippen molar-refractivity contribution in [2.75, 3.05) is 5.73 Å². The van der Waals surface area contributed by atoms with E-state index in [1.807, 2.05) is 6.07 Å². The SMILES string of the molecule is Cc1ccc2[nH]c(-c3ccc(O)c(N)c3)c(C)c2c1. The average Bonchev–Trinajstić information content (AvgIpc) is 2.70. The number of aryl methyl sites for hydroxylation is 2. The highest BCUT2D eigenvalue weighted by molar-refractivity contribution is 5.91. The molecule has 3 heteroatoms. The van der Waals surface area contributed by atoms with E-state index in [-0.39, 0.29) is 5.75 Å². The molecule has 1 aromatic heterocycles. The summed E-state index contributed by atoms with van der Waals surface area (Å²) in [4.78, 5) is 3.42. The Morgan fingerprint density at radius 1 is 1.05 bits per heavy atom. The lowest BCUT2D eigenvalue weighted by atomic mass is 10.0. The van der Waals surface area contributed by atoms with Gasteiger partial charge in [-0.25, -0.2) is 0 Å². The quantitative estimate of drug-likeness (QED) is 0.456. The van der Waals surface area contributed by atoms with Gasteiger partial charge in [0, 0.05) is 22.2 Å². The van der Waals surface area contributed by atoms with Crippen LogP contribution in [-0.2, 0) is 0 Å². The summed E-state index contributed by atoms with van der Waals surface area (Å²) in [7, 11) is 0. The van der Waals surface area contributed by atoms with Crippen LogP contribution in [0.5, 0.6) is 5.75 Å². The summed E-state index contributed by atoms with van der Waals surface area (Å²) in [6.45, 7) is 4.18. The molecule has 2 aromatic carbocycles. The van der Waals surface area contributed by atoms with E-state index < -0.39 is 0 Å². The molecule has 0 unspecified atom stereocenters. The summed E-state index contributed by atoms with van der Waals surface area (Å²) in [6.07, 6.45) is 0. The molecule has 19 heavy (non-hydrogen) atoms. The molecular formula is C16H16N2O. The zero-order chi connectivity index (χ0) is 13.6. The van der Waals surface area contributed by atoms with Crippen LogP contribution in [0.1, 0.15) is 11.1 Å². The summed E-state index contributed by atoms with van der Waals surface area (Å²) in [5, 5.41) is 10.7. The largest absolute Gasteiger partial charge is 0.506 e. The maximum absolute atomic E-state index is 9.50. The van der Waals surface area contributed by atoms with Gasteiger partial charge in [0.15, 0.2) is 0 Å². The monoisotopic (exact) mass is 252 g/mol. The fraction of sp³-hybridized carbons (Fsp3) is 0.125. The normalized spacial score (nSPS) is 11.1. The summed E-state index contributed by atoms with van der Waals surface area (Å²) in [6, 6.07) is 11.6. The number of nitrogens with two attached hydrogens (primary N) is 1. The predicted molar refractivity (Wildman–Crippen MR) is 79.3 cm³/mol. The van der Waals surface area contributed by atoms with E-state index in [0.717, 1.165) is 16.8 Å². The Hall–Kier alpha value is -2.42. The topological polar surface area (TPSA) is 62.0 Å². The zero-order valence-electron chi connectivity index (χ0n) is 11.0. The van der Waals surface area contributed by atoms with E-state index in [4.69, 9.17) is 5.73 Å². The zero-order valence-corrected chi connectivity index (χ0v) is 11.0. The Bertz CT molecular complexity index is 772. The van der Waals surface area contributed by atoms with Crippen LogP contribution in [-0.4, -0.2) is 10.1 Å². The first-order chi connectivity index (χ1) is 9.06. The van der Waals surface area contributed by atoms with Crippen LogP contribution in [0, 0.1) is 13.8 Å². The van der Waals surface area contributed by atoms with Gasteiger partial charge < -0.3 is 15.8 Å². The fourth-order valence-corrected chi connectivity index (χ4v) is 2.44. The second-order valence-corrected chi connectivity index (χ2v) is 4.95. The van der Waals surface area contributed by atoms with Crippen molar-refractivity contribution in [3.63, 3.8) is 0 Å². The van der Waals surface area contributed by atoms with E-state index in [9.17, 15) is 5.11 Å². The number of nitrogen functional groups attached to an aromatic ring is 1. The molecule has 0 atom stereocenters. The van der Waals surface area contributed by atoms with E-state index in [1.54, 1.807) is 12.1 Å². The number of aromatic nitrogens is 1.